The summed E-state index contributed by atoms with van der Waals surface area (Å²) in [5.74, 6) is 1.05. The first-order chi connectivity index (χ1) is 9.97. The highest BCUT2D eigenvalue weighted by Crippen LogP contribution is 2.28. The number of fused-ring (bicyclic) bond motifs is 1. The van der Waals surface area contributed by atoms with Crippen molar-refractivity contribution in [2.45, 2.75) is 26.0 Å². The van der Waals surface area contributed by atoms with Crippen molar-refractivity contribution in [3.05, 3.63) is 24.3 Å². The summed E-state index contributed by atoms with van der Waals surface area (Å²) >= 11 is 0. The van der Waals surface area contributed by atoms with Crippen LogP contribution in [0.15, 0.2) is 24.3 Å². The Kier molecular flexibility index (Phi) is 5.07. The molecule has 116 valence electrons. The molecule has 1 heterocycles. The molecule has 0 radical (unpaired) electrons. The summed E-state index contributed by atoms with van der Waals surface area (Å²) in [4.78, 5) is 14.5. The van der Waals surface area contributed by atoms with E-state index >= 15 is 0 Å². The second-order valence-electron chi connectivity index (χ2n) is 6.10. The van der Waals surface area contributed by atoms with Gasteiger partial charge in [-0.25, -0.2) is 0 Å². The number of amides is 1. The fraction of sp³-hybridized carbons (Fsp3) is 0.562. The molecule has 0 saturated carbocycles. The molecule has 0 bridgehead atoms. The highest BCUT2D eigenvalue weighted by Gasteiger charge is 2.28. The molecule has 21 heavy (non-hydrogen) atoms. The number of rotatable bonds is 5. The number of hydrogen-bond acceptors (Lipinski definition) is 4. The van der Waals surface area contributed by atoms with E-state index in [0.717, 1.165) is 18.0 Å². The van der Waals surface area contributed by atoms with E-state index in [2.05, 4.69) is 29.4 Å². The minimum absolute atomic E-state index is 0.0578. The topological polar surface area (TPSA) is 53.6 Å². The Morgan fingerprint density at radius 2 is 2.14 bits per heavy atom. The molecule has 2 N–H and O–H groups in total. The molecule has 0 aromatic heterocycles. The number of carbonyl (C=O) groups is 1. The average Bonchev–Trinajstić information content (AvgIpc) is 2.45. The fourth-order valence-corrected chi connectivity index (χ4v) is 2.35. The van der Waals surface area contributed by atoms with Crippen LogP contribution in [-0.2, 0) is 4.79 Å². The SMILES string of the molecule is CC(C)C(CN(C)C)NC(=O)C1CNc2ccccc2O1. The van der Waals surface area contributed by atoms with Crippen LogP contribution in [-0.4, -0.2) is 50.1 Å². The molecule has 1 amide bonds. The Bertz CT molecular complexity index is 488. The largest absolute Gasteiger partial charge is 0.477 e. The van der Waals surface area contributed by atoms with Gasteiger partial charge >= 0.3 is 0 Å². The summed E-state index contributed by atoms with van der Waals surface area (Å²) in [7, 11) is 4.02. The molecule has 5 heteroatoms. The Labute approximate surface area is 126 Å². The average molecular weight is 291 g/mol. The molecule has 2 rings (SSSR count). The lowest BCUT2D eigenvalue weighted by Crippen LogP contribution is -2.52. The number of carbonyl (C=O) groups excluding carboxylic acids is 1. The minimum atomic E-state index is -0.483. The zero-order chi connectivity index (χ0) is 15.4. The van der Waals surface area contributed by atoms with Gasteiger partial charge in [0.05, 0.1) is 12.2 Å². The van der Waals surface area contributed by atoms with E-state index in [-0.39, 0.29) is 11.9 Å². The molecule has 0 aliphatic carbocycles. The van der Waals surface area contributed by atoms with Crippen LogP contribution in [0.3, 0.4) is 0 Å². The summed E-state index contributed by atoms with van der Waals surface area (Å²) in [6.07, 6.45) is -0.483. The van der Waals surface area contributed by atoms with Crippen molar-refractivity contribution in [2.75, 3.05) is 32.5 Å². The summed E-state index contributed by atoms with van der Waals surface area (Å²) in [5.41, 5.74) is 0.940. The van der Waals surface area contributed by atoms with Crippen LogP contribution < -0.4 is 15.4 Å². The van der Waals surface area contributed by atoms with Gasteiger partial charge in [-0.05, 0) is 32.1 Å². The molecule has 0 fully saturated rings. The Morgan fingerprint density at radius 3 is 2.81 bits per heavy atom. The predicted molar refractivity (Wildman–Crippen MR) is 84.7 cm³/mol. The van der Waals surface area contributed by atoms with Crippen LogP contribution in [0.4, 0.5) is 5.69 Å². The third kappa shape index (κ3) is 4.11. The Hall–Kier alpha value is -1.75. The number of nitrogens with one attached hydrogen (secondary N) is 2. The standard InChI is InChI=1S/C16H25N3O2/c1-11(2)13(10-19(3)4)18-16(20)15-9-17-12-7-5-6-8-14(12)21-15/h5-8,11,13,15,17H,9-10H2,1-4H3,(H,18,20). The van der Waals surface area contributed by atoms with Gasteiger partial charge in [-0.2, -0.15) is 0 Å². The van der Waals surface area contributed by atoms with Gasteiger partial charge in [-0.15, -0.1) is 0 Å². The lowest BCUT2D eigenvalue weighted by molar-refractivity contribution is -0.128. The summed E-state index contributed by atoms with van der Waals surface area (Å²) in [6.45, 7) is 5.54. The lowest BCUT2D eigenvalue weighted by atomic mass is 10.0. The van der Waals surface area contributed by atoms with Gasteiger partial charge in [0.15, 0.2) is 6.10 Å². The van der Waals surface area contributed by atoms with Crippen LogP contribution in [0.2, 0.25) is 0 Å². The minimum Gasteiger partial charge on any atom is -0.477 e. The maximum Gasteiger partial charge on any atom is 0.263 e. The van der Waals surface area contributed by atoms with Crippen LogP contribution in [0.25, 0.3) is 0 Å². The van der Waals surface area contributed by atoms with Crippen molar-refractivity contribution in [1.82, 2.24) is 10.2 Å². The number of ether oxygens (including phenoxy) is 1. The molecular formula is C16H25N3O2. The second kappa shape index (κ2) is 6.80. The predicted octanol–water partition coefficient (Wildman–Crippen LogP) is 1.56. The quantitative estimate of drug-likeness (QED) is 0.864. The normalized spacial score (nSPS) is 18.7. The zero-order valence-corrected chi connectivity index (χ0v) is 13.2. The van der Waals surface area contributed by atoms with E-state index in [1.165, 1.54) is 0 Å². The molecule has 0 saturated heterocycles. The number of benzene rings is 1. The summed E-state index contributed by atoms with van der Waals surface area (Å²) < 4.78 is 5.79. The van der Waals surface area contributed by atoms with Crippen LogP contribution in [0.1, 0.15) is 13.8 Å². The highest BCUT2D eigenvalue weighted by atomic mass is 16.5. The monoisotopic (exact) mass is 291 g/mol. The van der Waals surface area contributed by atoms with Crippen LogP contribution in [0.5, 0.6) is 5.75 Å². The fourth-order valence-electron chi connectivity index (χ4n) is 2.35. The van der Waals surface area contributed by atoms with Crippen LogP contribution in [0, 0.1) is 5.92 Å². The first-order valence-corrected chi connectivity index (χ1v) is 7.42. The first-order valence-electron chi connectivity index (χ1n) is 7.42. The van der Waals surface area contributed by atoms with E-state index in [1.54, 1.807) is 0 Å². The van der Waals surface area contributed by atoms with Crippen molar-refractivity contribution in [3.63, 3.8) is 0 Å². The lowest BCUT2D eigenvalue weighted by Gasteiger charge is -2.30. The number of hydrogen-bond donors (Lipinski definition) is 2. The van der Waals surface area contributed by atoms with Gasteiger partial charge < -0.3 is 20.3 Å². The zero-order valence-electron chi connectivity index (χ0n) is 13.2. The van der Waals surface area contributed by atoms with Crippen molar-refractivity contribution in [1.29, 1.82) is 0 Å². The highest BCUT2D eigenvalue weighted by molar-refractivity contribution is 5.83. The van der Waals surface area contributed by atoms with Crippen molar-refractivity contribution >= 4 is 11.6 Å². The maximum absolute atomic E-state index is 12.4. The Balaban J connectivity index is 1.98. The molecule has 1 aliphatic rings. The summed E-state index contributed by atoms with van der Waals surface area (Å²) in [5, 5.41) is 6.34. The molecule has 2 unspecified atom stereocenters. The van der Waals surface area contributed by atoms with Gasteiger partial charge in [0.25, 0.3) is 5.91 Å². The van der Waals surface area contributed by atoms with Crippen molar-refractivity contribution in [2.24, 2.45) is 5.92 Å². The molecule has 1 aromatic carbocycles. The molecule has 1 aromatic rings. The van der Waals surface area contributed by atoms with Gasteiger partial charge in [0, 0.05) is 12.6 Å². The number of anilines is 1. The molecule has 0 spiro atoms. The molecule has 1 aliphatic heterocycles. The van der Waals surface area contributed by atoms with Gasteiger partial charge in [0.1, 0.15) is 5.75 Å². The van der Waals surface area contributed by atoms with Gasteiger partial charge in [-0.3, -0.25) is 4.79 Å². The number of nitrogens with zero attached hydrogens (tertiary/aromatic N) is 1. The number of likely N-dealkylation sites (N-methyl/N-ethyl adjacent to an activating group) is 1. The third-order valence-corrected chi connectivity index (χ3v) is 3.62. The van der Waals surface area contributed by atoms with Gasteiger partial charge in [0.2, 0.25) is 0 Å². The van der Waals surface area contributed by atoms with Crippen molar-refractivity contribution in [3.8, 4) is 5.75 Å². The van der Waals surface area contributed by atoms with E-state index in [9.17, 15) is 4.79 Å². The van der Waals surface area contributed by atoms with Gasteiger partial charge in [-0.1, -0.05) is 26.0 Å². The summed E-state index contributed by atoms with van der Waals surface area (Å²) in [6, 6.07) is 7.80. The van der Waals surface area contributed by atoms with E-state index in [1.807, 2.05) is 38.4 Å². The van der Waals surface area contributed by atoms with E-state index in [0.29, 0.717) is 12.5 Å². The van der Waals surface area contributed by atoms with Crippen molar-refractivity contribution < 1.29 is 9.53 Å². The smallest absolute Gasteiger partial charge is 0.263 e. The van der Waals surface area contributed by atoms with Crippen LogP contribution >= 0.6 is 0 Å². The third-order valence-electron chi connectivity index (χ3n) is 3.62. The van der Waals surface area contributed by atoms with E-state index in [4.69, 9.17) is 4.74 Å². The molecule has 5 nitrogen and oxygen atoms in total. The van der Waals surface area contributed by atoms with E-state index < -0.39 is 6.10 Å². The number of para-hydroxylation sites is 2. The Morgan fingerprint density at radius 1 is 1.43 bits per heavy atom. The second-order valence-corrected chi connectivity index (χ2v) is 6.10. The first kappa shape index (κ1) is 15.6. The molecular weight excluding hydrogens is 266 g/mol. The molecule has 2 atom stereocenters. The maximum atomic E-state index is 12.4.